The number of amides is 1. The minimum atomic E-state index is -0.496. The molecule has 2 fully saturated rings. The van der Waals surface area contributed by atoms with Crippen molar-refractivity contribution < 1.29 is 19.1 Å². The van der Waals surface area contributed by atoms with Crippen LogP contribution in [0.15, 0.2) is 0 Å². The van der Waals surface area contributed by atoms with Gasteiger partial charge in [-0.25, -0.2) is 4.79 Å². The molecule has 3 unspecified atom stereocenters. The van der Waals surface area contributed by atoms with E-state index in [1.54, 1.807) is 4.90 Å². The Labute approximate surface area is 126 Å². The Morgan fingerprint density at radius 1 is 1.24 bits per heavy atom. The first-order valence-corrected chi connectivity index (χ1v) is 7.67. The highest BCUT2D eigenvalue weighted by Gasteiger charge is 2.45. The number of carbonyl (C=O) groups is 2. The van der Waals surface area contributed by atoms with Crippen LogP contribution in [-0.2, 0) is 14.3 Å². The van der Waals surface area contributed by atoms with Gasteiger partial charge in [0.05, 0.1) is 12.5 Å². The number of esters is 1. The van der Waals surface area contributed by atoms with Gasteiger partial charge >= 0.3 is 12.1 Å². The number of hydrogen-bond acceptors (Lipinski definition) is 5. The van der Waals surface area contributed by atoms with Gasteiger partial charge in [0.15, 0.2) is 0 Å². The zero-order chi connectivity index (χ0) is 15.6. The van der Waals surface area contributed by atoms with E-state index >= 15 is 0 Å². The number of nitrogens with zero attached hydrogens (tertiary/aromatic N) is 1. The highest BCUT2D eigenvalue weighted by molar-refractivity contribution is 5.74. The minimum Gasteiger partial charge on any atom is -0.466 e. The van der Waals surface area contributed by atoms with E-state index in [-0.39, 0.29) is 23.9 Å². The SMILES string of the molecule is CCOC(=O)C1CNCC2CN(C(=O)OC(C)(C)C)CC21. The van der Waals surface area contributed by atoms with Crippen LogP contribution in [0.3, 0.4) is 0 Å². The zero-order valence-electron chi connectivity index (χ0n) is 13.3. The summed E-state index contributed by atoms with van der Waals surface area (Å²) >= 11 is 0. The molecule has 6 heteroatoms. The number of carbonyl (C=O) groups excluding carboxylic acids is 2. The zero-order valence-corrected chi connectivity index (χ0v) is 13.3. The van der Waals surface area contributed by atoms with Gasteiger partial charge in [0.25, 0.3) is 0 Å². The van der Waals surface area contributed by atoms with E-state index in [0.717, 1.165) is 6.54 Å². The standard InChI is InChI=1S/C15H26N2O4/c1-5-20-13(18)11-7-16-6-10-8-17(9-12(10)11)14(19)21-15(2,3)4/h10-12,16H,5-9H2,1-4H3. The smallest absolute Gasteiger partial charge is 0.410 e. The molecule has 3 atom stereocenters. The summed E-state index contributed by atoms with van der Waals surface area (Å²) < 4.78 is 10.6. The molecule has 0 aromatic rings. The summed E-state index contributed by atoms with van der Waals surface area (Å²) in [6, 6.07) is 0. The maximum Gasteiger partial charge on any atom is 0.410 e. The van der Waals surface area contributed by atoms with Crippen molar-refractivity contribution in [3.05, 3.63) is 0 Å². The summed E-state index contributed by atoms with van der Waals surface area (Å²) in [5.74, 6) is 0.125. The molecule has 2 heterocycles. The predicted molar refractivity (Wildman–Crippen MR) is 77.8 cm³/mol. The molecule has 0 aromatic heterocycles. The van der Waals surface area contributed by atoms with E-state index in [4.69, 9.17) is 9.47 Å². The monoisotopic (exact) mass is 298 g/mol. The van der Waals surface area contributed by atoms with Crippen LogP contribution in [0, 0.1) is 17.8 Å². The highest BCUT2D eigenvalue weighted by Crippen LogP contribution is 2.33. The lowest BCUT2D eigenvalue weighted by molar-refractivity contribution is -0.151. The minimum absolute atomic E-state index is 0.161. The Morgan fingerprint density at radius 3 is 2.57 bits per heavy atom. The molecule has 0 bridgehead atoms. The lowest BCUT2D eigenvalue weighted by atomic mass is 9.81. The maximum atomic E-state index is 12.2. The molecule has 21 heavy (non-hydrogen) atoms. The number of hydrogen-bond donors (Lipinski definition) is 1. The van der Waals surface area contributed by atoms with Gasteiger partial charge < -0.3 is 19.7 Å². The first-order valence-electron chi connectivity index (χ1n) is 7.67. The quantitative estimate of drug-likeness (QED) is 0.777. The van der Waals surface area contributed by atoms with Gasteiger partial charge in [0.1, 0.15) is 5.60 Å². The third-order valence-electron chi connectivity index (χ3n) is 4.02. The van der Waals surface area contributed by atoms with Crippen molar-refractivity contribution in [2.24, 2.45) is 17.8 Å². The second-order valence-electron chi connectivity index (χ2n) is 6.83. The number of rotatable bonds is 2. The van der Waals surface area contributed by atoms with Crippen LogP contribution in [0.1, 0.15) is 27.7 Å². The average Bonchev–Trinajstić information content (AvgIpc) is 2.80. The lowest BCUT2D eigenvalue weighted by Gasteiger charge is -2.31. The molecule has 120 valence electrons. The highest BCUT2D eigenvalue weighted by atomic mass is 16.6. The van der Waals surface area contributed by atoms with E-state index in [0.29, 0.717) is 32.2 Å². The van der Waals surface area contributed by atoms with Crippen molar-refractivity contribution in [2.75, 3.05) is 32.8 Å². The number of nitrogens with one attached hydrogen (secondary N) is 1. The number of ether oxygens (including phenoxy) is 2. The molecule has 2 rings (SSSR count). The fraction of sp³-hybridized carbons (Fsp3) is 0.867. The van der Waals surface area contributed by atoms with Gasteiger partial charge in [0, 0.05) is 26.2 Å². The van der Waals surface area contributed by atoms with Gasteiger partial charge in [-0.2, -0.15) is 0 Å². The van der Waals surface area contributed by atoms with Gasteiger partial charge in [-0.1, -0.05) is 0 Å². The molecule has 0 spiro atoms. The fourth-order valence-corrected chi connectivity index (χ4v) is 3.13. The summed E-state index contributed by atoms with van der Waals surface area (Å²) in [6.07, 6.45) is -0.292. The van der Waals surface area contributed by atoms with Crippen LogP contribution >= 0.6 is 0 Å². The van der Waals surface area contributed by atoms with Crippen molar-refractivity contribution in [1.29, 1.82) is 0 Å². The molecule has 2 saturated heterocycles. The summed E-state index contributed by atoms with van der Waals surface area (Å²) in [7, 11) is 0. The van der Waals surface area contributed by atoms with E-state index in [2.05, 4.69) is 5.32 Å². The molecule has 1 N–H and O–H groups in total. The molecular weight excluding hydrogens is 272 g/mol. The summed E-state index contributed by atoms with van der Waals surface area (Å²) in [4.78, 5) is 25.9. The molecule has 0 saturated carbocycles. The Morgan fingerprint density at radius 2 is 1.95 bits per heavy atom. The van der Waals surface area contributed by atoms with Crippen molar-refractivity contribution >= 4 is 12.1 Å². The second kappa shape index (κ2) is 6.22. The number of fused-ring (bicyclic) bond motifs is 1. The maximum absolute atomic E-state index is 12.2. The van der Waals surface area contributed by atoms with Crippen LogP contribution in [0.4, 0.5) is 4.79 Å². The molecule has 1 amide bonds. The van der Waals surface area contributed by atoms with Crippen LogP contribution < -0.4 is 5.32 Å². The Bertz CT molecular complexity index is 405. The first kappa shape index (κ1) is 16.1. The van der Waals surface area contributed by atoms with E-state index in [9.17, 15) is 9.59 Å². The fourth-order valence-electron chi connectivity index (χ4n) is 3.13. The normalized spacial score (nSPS) is 29.0. The van der Waals surface area contributed by atoms with Gasteiger partial charge in [-0.05, 0) is 39.5 Å². The summed E-state index contributed by atoms with van der Waals surface area (Å²) in [5, 5.41) is 3.27. The number of likely N-dealkylation sites (tertiary alicyclic amines) is 1. The third-order valence-corrected chi connectivity index (χ3v) is 4.02. The largest absolute Gasteiger partial charge is 0.466 e. The van der Waals surface area contributed by atoms with Crippen LogP contribution in [-0.4, -0.2) is 55.3 Å². The second-order valence-corrected chi connectivity index (χ2v) is 6.83. The molecule has 0 radical (unpaired) electrons. The topological polar surface area (TPSA) is 67.9 Å². The molecule has 6 nitrogen and oxygen atoms in total. The molecule has 2 aliphatic rings. The summed E-state index contributed by atoms with van der Waals surface area (Å²) in [6.45, 7) is 10.5. The van der Waals surface area contributed by atoms with Crippen molar-refractivity contribution in [3.8, 4) is 0 Å². The van der Waals surface area contributed by atoms with Crippen molar-refractivity contribution in [3.63, 3.8) is 0 Å². The van der Waals surface area contributed by atoms with Crippen molar-refractivity contribution in [1.82, 2.24) is 10.2 Å². The summed E-state index contributed by atoms with van der Waals surface area (Å²) in [5.41, 5.74) is -0.496. The predicted octanol–water partition coefficient (Wildman–Crippen LogP) is 1.25. The van der Waals surface area contributed by atoms with Gasteiger partial charge in [-0.15, -0.1) is 0 Å². The van der Waals surface area contributed by atoms with Crippen LogP contribution in [0.25, 0.3) is 0 Å². The lowest BCUT2D eigenvalue weighted by Crippen LogP contribution is -2.46. The van der Waals surface area contributed by atoms with Crippen LogP contribution in [0.5, 0.6) is 0 Å². The van der Waals surface area contributed by atoms with E-state index < -0.39 is 5.60 Å². The van der Waals surface area contributed by atoms with Crippen LogP contribution in [0.2, 0.25) is 0 Å². The Kier molecular flexibility index (Phi) is 4.76. The first-order chi connectivity index (χ1) is 9.81. The Balaban J connectivity index is 2.00. The molecule has 0 aromatic carbocycles. The Hall–Kier alpha value is -1.30. The van der Waals surface area contributed by atoms with E-state index in [1.807, 2.05) is 27.7 Å². The molecule has 0 aliphatic carbocycles. The van der Waals surface area contributed by atoms with Crippen molar-refractivity contribution in [2.45, 2.75) is 33.3 Å². The molecule has 2 aliphatic heterocycles. The third kappa shape index (κ3) is 3.87. The number of piperidine rings is 1. The van der Waals surface area contributed by atoms with Gasteiger partial charge in [-0.3, -0.25) is 4.79 Å². The average molecular weight is 298 g/mol. The molecular formula is C15H26N2O4. The van der Waals surface area contributed by atoms with E-state index in [1.165, 1.54) is 0 Å². The van der Waals surface area contributed by atoms with Gasteiger partial charge in [0.2, 0.25) is 0 Å².